The van der Waals surface area contributed by atoms with Crippen LogP contribution in [0, 0.1) is 0 Å². The summed E-state index contributed by atoms with van der Waals surface area (Å²) in [6.07, 6.45) is 0.251. The lowest BCUT2D eigenvalue weighted by Gasteiger charge is -2.32. The Morgan fingerprint density at radius 3 is 2.71 bits per heavy atom. The van der Waals surface area contributed by atoms with E-state index in [-0.39, 0.29) is 6.10 Å². The van der Waals surface area contributed by atoms with Gasteiger partial charge in [0.2, 0.25) is 0 Å². The van der Waals surface area contributed by atoms with Crippen molar-refractivity contribution in [1.82, 2.24) is 9.78 Å². The van der Waals surface area contributed by atoms with E-state index in [4.69, 9.17) is 10.5 Å². The van der Waals surface area contributed by atoms with Crippen LogP contribution in [0.3, 0.4) is 0 Å². The lowest BCUT2D eigenvalue weighted by molar-refractivity contribution is 0.0527. The van der Waals surface area contributed by atoms with Crippen molar-refractivity contribution in [1.29, 1.82) is 0 Å². The van der Waals surface area contributed by atoms with E-state index in [0.717, 1.165) is 36.9 Å². The molecule has 2 rings (SSSR count). The second-order valence-corrected chi connectivity index (χ2v) is 5.03. The predicted molar refractivity (Wildman–Crippen MR) is 69.3 cm³/mol. The second-order valence-electron chi connectivity index (χ2n) is 5.03. The third kappa shape index (κ3) is 2.24. The van der Waals surface area contributed by atoms with Gasteiger partial charge in [0, 0.05) is 20.1 Å². The van der Waals surface area contributed by atoms with Gasteiger partial charge in [-0.3, -0.25) is 4.68 Å². The van der Waals surface area contributed by atoms with Gasteiger partial charge in [-0.15, -0.1) is 0 Å². The van der Waals surface area contributed by atoms with Gasteiger partial charge in [0.15, 0.2) is 5.82 Å². The minimum Gasteiger partial charge on any atom is -0.394 e. The van der Waals surface area contributed by atoms with E-state index in [1.807, 2.05) is 11.7 Å². The van der Waals surface area contributed by atoms with Crippen molar-refractivity contribution in [3.05, 3.63) is 5.69 Å². The molecule has 1 aliphatic heterocycles. The van der Waals surface area contributed by atoms with Crippen LogP contribution in [0.4, 0.5) is 11.5 Å². The van der Waals surface area contributed by atoms with Gasteiger partial charge >= 0.3 is 0 Å². The number of nitrogen functional groups attached to an aromatic ring is 1. The van der Waals surface area contributed by atoms with E-state index in [9.17, 15) is 0 Å². The van der Waals surface area contributed by atoms with Crippen molar-refractivity contribution in [3.8, 4) is 0 Å². The molecule has 1 aromatic heterocycles. The monoisotopic (exact) mass is 238 g/mol. The van der Waals surface area contributed by atoms with Gasteiger partial charge in [-0.1, -0.05) is 13.8 Å². The minimum absolute atomic E-state index is 0.251. The van der Waals surface area contributed by atoms with Crippen LogP contribution >= 0.6 is 0 Å². The van der Waals surface area contributed by atoms with Gasteiger partial charge < -0.3 is 15.4 Å². The molecule has 2 N–H and O–H groups in total. The molecule has 0 aliphatic carbocycles. The van der Waals surface area contributed by atoms with Crippen LogP contribution in [0.2, 0.25) is 0 Å². The van der Waals surface area contributed by atoms with Crippen molar-refractivity contribution in [2.75, 3.05) is 30.3 Å². The molecular weight excluding hydrogens is 216 g/mol. The van der Waals surface area contributed by atoms with E-state index in [2.05, 4.69) is 30.8 Å². The van der Waals surface area contributed by atoms with Gasteiger partial charge in [0.25, 0.3) is 0 Å². The molecule has 1 saturated heterocycles. The SMILES string of the molecule is CC1CN(c2c(N)c(C(C)C)nn2C)CCO1. The summed E-state index contributed by atoms with van der Waals surface area (Å²) in [4.78, 5) is 2.27. The van der Waals surface area contributed by atoms with E-state index in [1.165, 1.54) is 0 Å². The van der Waals surface area contributed by atoms with Gasteiger partial charge in [0.1, 0.15) is 0 Å². The average Bonchev–Trinajstić information content (AvgIpc) is 2.54. The summed E-state index contributed by atoms with van der Waals surface area (Å²) in [5, 5.41) is 4.52. The van der Waals surface area contributed by atoms with Gasteiger partial charge in [-0.25, -0.2) is 0 Å². The maximum atomic E-state index is 6.22. The fourth-order valence-corrected chi connectivity index (χ4v) is 2.36. The standard InChI is InChI=1S/C12H22N4O/c1-8(2)11-10(13)12(15(4)14-11)16-5-6-17-9(3)7-16/h8-9H,5-7,13H2,1-4H3. The van der Waals surface area contributed by atoms with E-state index < -0.39 is 0 Å². The Morgan fingerprint density at radius 1 is 1.47 bits per heavy atom. The van der Waals surface area contributed by atoms with E-state index >= 15 is 0 Å². The van der Waals surface area contributed by atoms with Crippen LogP contribution in [0.25, 0.3) is 0 Å². The molecule has 0 spiro atoms. The van der Waals surface area contributed by atoms with E-state index in [1.54, 1.807) is 0 Å². The molecule has 17 heavy (non-hydrogen) atoms. The summed E-state index contributed by atoms with van der Waals surface area (Å²) in [5.74, 6) is 1.39. The first-order valence-electron chi connectivity index (χ1n) is 6.19. The first-order chi connectivity index (χ1) is 8.00. The van der Waals surface area contributed by atoms with E-state index in [0.29, 0.717) is 5.92 Å². The van der Waals surface area contributed by atoms with Crippen molar-refractivity contribution < 1.29 is 4.74 Å². The zero-order valence-corrected chi connectivity index (χ0v) is 11.1. The van der Waals surface area contributed by atoms with Gasteiger partial charge in [0.05, 0.1) is 24.1 Å². The Balaban J connectivity index is 2.31. The zero-order chi connectivity index (χ0) is 12.6. The molecule has 0 saturated carbocycles. The van der Waals surface area contributed by atoms with Crippen molar-refractivity contribution in [2.24, 2.45) is 7.05 Å². The Bertz CT molecular complexity index is 399. The number of aryl methyl sites for hydroxylation is 1. The molecule has 1 unspecified atom stereocenters. The fourth-order valence-electron chi connectivity index (χ4n) is 2.36. The highest BCUT2D eigenvalue weighted by atomic mass is 16.5. The lowest BCUT2D eigenvalue weighted by atomic mass is 10.1. The largest absolute Gasteiger partial charge is 0.394 e. The highest BCUT2D eigenvalue weighted by Crippen LogP contribution is 2.31. The number of aromatic nitrogens is 2. The van der Waals surface area contributed by atoms with Crippen LogP contribution in [-0.2, 0) is 11.8 Å². The smallest absolute Gasteiger partial charge is 0.150 e. The third-order valence-corrected chi connectivity index (χ3v) is 3.17. The number of morpholine rings is 1. The summed E-state index contributed by atoms with van der Waals surface area (Å²) in [6, 6.07) is 0. The van der Waals surface area contributed by atoms with Crippen LogP contribution in [0.5, 0.6) is 0 Å². The molecule has 0 aromatic carbocycles. The van der Waals surface area contributed by atoms with Gasteiger partial charge in [-0.2, -0.15) is 5.10 Å². The number of nitrogens with zero attached hydrogens (tertiary/aromatic N) is 3. The Morgan fingerprint density at radius 2 is 2.18 bits per heavy atom. The number of hydrogen-bond acceptors (Lipinski definition) is 4. The molecule has 0 radical (unpaired) electrons. The number of nitrogens with two attached hydrogens (primary N) is 1. The summed E-state index contributed by atoms with van der Waals surface area (Å²) in [5.41, 5.74) is 8.02. The highest BCUT2D eigenvalue weighted by molar-refractivity contribution is 5.67. The van der Waals surface area contributed by atoms with Crippen molar-refractivity contribution in [2.45, 2.75) is 32.8 Å². The lowest BCUT2D eigenvalue weighted by Crippen LogP contribution is -2.42. The van der Waals surface area contributed by atoms with Crippen LogP contribution in [0.15, 0.2) is 0 Å². The average molecular weight is 238 g/mol. The van der Waals surface area contributed by atoms with Gasteiger partial charge in [-0.05, 0) is 12.8 Å². The topological polar surface area (TPSA) is 56.3 Å². The second kappa shape index (κ2) is 4.56. The molecule has 96 valence electrons. The van der Waals surface area contributed by atoms with Crippen LogP contribution < -0.4 is 10.6 Å². The molecule has 1 atom stereocenters. The molecule has 1 aliphatic rings. The Kier molecular flexibility index (Phi) is 3.28. The normalized spacial score (nSPS) is 21.2. The Hall–Kier alpha value is -1.23. The highest BCUT2D eigenvalue weighted by Gasteiger charge is 2.24. The first kappa shape index (κ1) is 12.2. The first-order valence-corrected chi connectivity index (χ1v) is 6.19. The number of hydrogen-bond donors (Lipinski definition) is 1. The number of anilines is 2. The Labute approximate surface area is 103 Å². The minimum atomic E-state index is 0.251. The molecule has 5 nitrogen and oxygen atoms in total. The van der Waals surface area contributed by atoms with Crippen LogP contribution in [0.1, 0.15) is 32.4 Å². The quantitative estimate of drug-likeness (QED) is 0.845. The maximum absolute atomic E-state index is 6.22. The summed E-state index contributed by atoms with van der Waals surface area (Å²) in [7, 11) is 1.96. The van der Waals surface area contributed by atoms with Crippen molar-refractivity contribution in [3.63, 3.8) is 0 Å². The fraction of sp³-hybridized carbons (Fsp3) is 0.750. The molecule has 1 aromatic rings. The molecular formula is C12H22N4O. The number of ether oxygens (including phenoxy) is 1. The zero-order valence-electron chi connectivity index (χ0n) is 11.1. The maximum Gasteiger partial charge on any atom is 0.150 e. The molecule has 1 fully saturated rings. The third-order valence-electron chi connectivity index (χ3n) is 3.17. The molecule has 0 bridgehead atoms. The molecule has 2 heterocycles. The summed E-state index contributed by atoms with van der Waals surface area (Å²) in [6.45, 7) is 8.83. The van der Waals surface area contributed by atoms with Crippen LogP contribution in [-0.4, -0.2) is 35.6 Å². The summed E-state index contributed by atoms with van der Waals surface area (Å²) >= 11 is 0. The summed E-state index contributed by atoms with van der Waals surface area (Å²) < 4.78 is 7.44. The number of rotatable bonds is 2. The molecule has 5 heteroatoms. The van der Waals surface area contributed by atoms with Crippen molar-refractivity contribution >= 4 is 11.5 Å². The predicted octanol–water partition coefficient (Wildman–Crippen LogP) is 1.35. The molecule has 0 amide bonds.